The van der Waals surface area contributed by atoms with Gasteiger partial charge in [-0.05, 0) is 18.6 Å². The summed E-state index contributed by atoms with van der Waals surface area (Å²) < 4.78 is 47.7. The zero-order valence-corrected chi connectivity index (χ0v) is 17.1. The van der Waals surface area contributed by atoms with E-state index in [-0.39, 0.29) is 30.0 Å². The van der Waals surface area contributed by atoms with Gasteiger partial charge in [0.15, 0.2) is 21.5 Å². The zero-order chi connectivity index (χ0) is 21.7. The lowest BCUT2D eigenvalue weighted by molar-refractivity contribution is -0.275. The molecule has 1 N–H and O–H groups in total. The predicted molar refractivity (Wildman–Crippen MR) is 103 cm³/mol. The number of benzene rings is 1. The van der Waals surface area contributed by atoms with Crippen molar-refractivity contribution in [3.63, 3.8) is 0 Å². The van der Waals surface area contributed by atoms with Gasteiger partial charge in [0.25, 0.3) is 0 Å². The standard InChI is InChI=1S/C18H17F3N2O5S2/c19-18(20,21)28-14-4-2-1-3-13(14)27-9-11-5-6-15(24)23(11)7-8-29-17-22-12(10-30-17)16(25)26/h1-4,10-11H,5-9H2,(H,25,26). The number of para-hydroxylation sites is 2. The van der Waals surface area contributed by atoms with Crippen LogP contribution < -0.4 is 9.47 Å². The second-order valence-electron chi connectivity index (χ2n) is 6.24. The molecule has 2 aromatic rings. The van der Waals surface area contributed by atoms with Crippen LogP contribution in [0.2, 0.25) is 0 Å². The Morgan fingerprint density at radius 3 is 2.73 bits per heavy atom. The smallest absolute Gasteiger partial charge is 0.488 e. The molecule has 1 fully saturated rings. The van der Waals surface area contributed by atoms with Crippen LogP contribution in [0.1, 0.15) is 23.3 Å². The maximum atomic E-state index is 12.5. The van der Waals surface area contributed by atoms with E-state index in [9.17, 15) is 22.8 Å². The number of likely N-dealkylation sites (tertiary alicyclic amines) is 1. The molecule has 1 saturated heterocycles. The molecule has 1 aromatic heterocycles. The van der Waals surface area contributed by atoms with E-state index in [0.717, 1.165) is 6.07 Å². The number of alkyl halides is 3. The molecule has 162 valence electrons. The van der Waals surface area contributed by atoms with Gasteiger partial charge >= 0.3 is 12.3 Å². The second kappa shape index (κ2) is 9.56. The topological polar surface area (TPSA) is 89.0 Å². The summed E-state index contributed by atoms with van der Waals surface area (Å²) in [6.07, 6.45) is -3.96. The van der Waals surface area contributed by atoms with E-state index in [1.165, 1.54) is 46.7 Å². The molecule has 1 aliphatic heterocycles. The number of thiazole rings is 1. The predicted octanol–water partition coefficient (Wildman–Crippen LogP) is 3.90. The lowest BCUT2D eigenvalue weighted by Gasteiger charge is -2.25. The van der Waals surface area contributed by atoms with Crippen molar-refractivity contribution in [2.75, 3.05) is 18.9 Å². The van der Waals surface area contributed by atoms with Gasteiger partial charge in [-0.25, -0.2) is 9.78 Å². The van der Waals surface area contributed by atoms with Crippen LogP contribution in [0.3, 0.4) is 0 Å². The van der Waals surface area contributed by atoms with Crippen LogP contribution in [-0.4, -0.2) is 58.2 Å². The highest BCUT2D eigenvalue weighted by Gasteiger charge is 2.34. The number of carboxylic acid groups (broad SMARTS) is 1. The summed E-state index contributed by atoms with van der Waals surface area (Å²) in [6, 6.07) is 5.21. The average molecular weight is 462 g/mol. The summed E-state index contributed by atoms with van der Waals surface area (Å²) in [5.41, 5.74) is -0.0224. The van der Waals surface area contributed by atoms with Gasteiger partial charge in [-0.2, -0.15) is 0 Å². The fraction of sp³-hybridized carbons (Fsp3) is 0.389. The number of nitrogens with zero attached hydrogens (tertiary/aromatic N) is 2. The van der Waals surface area contributed by atoms with Crippen LogP contribution in [0.4, 0.5) is 13.2 Å². The molecule has 3 rings (SSSR count). The minimum atomic E-state index is -4.83. The molecule has 1 atom stereocenters. The van der Waals surface area contributed by atoms with E-state index >= 15 is 0 Å². The molecule has 0 saturated carbocycles. The van der Waals surface area contributed by atoms with Crippen LogP contribution in [0.25, 0.3) is 0 Å². The van der Waals surface area contributed by atoms with E-state index in [2.05, 4.69) is 9.72 Å². The molecule has 0 spiro atoms. The van der Waals surface area contributed by atoms with Crippen molar-refractivity contribution in [1.82, 2.24) is 9.88 Å². The highest BCUT2D eigenvalue weighted by Crippen LogP contribution is 2.32. The number of amides is 1. The van der Waals surface area contributed by atoms with E-state index in [1.807, 2.05) is 0 Å². The van der Waals surface area contributed by atoms with E-state index in [1.54, 1.807) is 4.90 Å². The van der Waals surface area contributed by atoms with Crippen LogP contribution in [0, 0.1) is 0 Å². The van der Waals surface area contributed by atoms with Crippen LogP contribution in [0.15, 0.2) is 34.0 Å². The molecule has 1 aromatic carbocycles. The first-order valence-corrected chi connectivity index (χ1v) is 10.7. The van der Waals surface area contributed by atoms with Crippen molar-refractivity contribution in [3.8, 4) is 11.5 Å². The maximum Gasteiger partial charge on any atom is 0.573 e. The van der Waals surface area contributed by atoms with Gasteiger partial charge in [-0.1, -0.05) is 23.9 Å². The SMILES string of the molecule is O=C(O)c1csc(SCCN2C(=O)CCC2COc2ccccc2OC(F)(F)F)n1. The second-order valence-corrected chi connectivity index (χ2v) is 8.44. The quantitative estimate of drug-likeness (QED) is 0.566. The largest absolute Gasteiger partial charge is 0.573 e. The molecule has 0 aliphatic carbocycles. The number of halogens is 3. The van der Waals surface area contributed by atoms with Crippen LogP contribution >= 0.6 is 23.1 Å². The van der Waals surface area contributed by atoms with E-state index in [4.69, 9.17) is 9.84 Å². The van der Waals surface area contributed by atoms with Gasteiger partial charge < -0.3 is 19.5 Å². The third-order valence-electron chi connectivity index (χ3n) is 4.22. The minimum Gasteiger partial charge on any atom is -0.488 e. The maximum absolute atomic E-state index is 12.5. The number of thioether (sulfide) groups is 1. The average Bonchev–Trinajstić information content (AvgIpc) is 3.28. The summed E-state index contributed by atoms with van der Waals surface area (Å²) in [6.45, 7) is 0.426. The molecule has 2 heterocycles. The molecular formula is C18H17F3N2O5S2. The van der Waals surface area contributed by atoms with E-state index in [0.29, 0.717) is 29.5 Å². The van der Waals surface area contributed by atoms with Gasteiger partial charge in [0.1, 0.15) is 6.61 Å². The number of carbonyl (C=O) groups is 2. The molecule has 7 nitrogen and oxygen atoms in total. The normalized spacial score (nSPS) is 16.7. The summed E-state index contributed by atoms with van der Waals surface area (Å²) in [5.74, 6) is -1.14. The Labute approximate surface area is 177 Å². The first-order valence-electron chi connectivity index (χ1n) is 8.81. The van der Waals surface area contributed by atoms with E-state index < -0.39 is 18.1 Å². The monoisotopic (exact) mass is 462 g/mol. The molecule has 1 aliphatic rings. The highest BCUT2D eigenvalue weighted by atomic mass is 32.2. The van der Waals surface area contributed by atoms with Gasteiger partial charge in [0.2, 0.25) is 5.91 Å². The first kappa shape index (κ1) is 22.2. The number of aromatic nitrogens is 1. The summed E-state index contributed by atoms with van der Waals surface area (Å²) in [5, 5.41) is 10.3. The van der Waals surface area contributed by atoms with Crippen LogP contribution in [-0.2, 0) is 4.79 Å². The van der Waals surface area contributed by atoms with Crippen molar-refractivity contribution in [2.45, 2.75) is 29.6 Å². The fourth-order valence-electron chi connectivity index (χ4n) is 2.89. The number of ether oxygens (including phenoxy) is 2. The summed E-state index contributed by atoms with van der Waals surface area (Å²) in [4.78, 5) is 28.7. The first-order chi connectivity index (χ1) is 14.2. The lowest BCUT2D eigenvalue weighted by Crippen LogP contribution is -2.38. The molecule has 1 unspecified atom stereocenters. The van der Waals surface area contributed by atoms with Crippen molar-refractivity contribution in [1.29, 1.82) is 0 Å². The lowest BCUT2D eigenvalue weighted by atomic mass is 10.2. The third kappa shape index (κ3) is 6.02. The van der Waals surface area contributed by atoms with Gasteiger partial charge in [0, 0.05) is 24.1 Å². The fourth-order valence-corrected chi connectivity index (χ4v) is 4.70. The summed E-state index contributed by atoms with van der Waals surface area (Å²) in [7, 11) is 0. The molecule has 1 amide bonds. The number of carbonyl (C=O) groups excluding carboxylic acids is 1. The van der Waals surface area contributed by atoms with Gasteiger partial charge in [-0.3, -0.25) is 4.79 Å². The minimum absolute atomic E-state index is 0.0224. The number of hydrogen-bond acceptors (Lipinski definition) is 7. The molecule has 0 radical (unpaired) electrons. The van der Waals surface area contributed by atoms with Gasteiger partial charge in [0.05, 0.1) is 6.04 Å². The molecule has 12 heteroatoms. The Balaban J connectivity index is 1.54. The molecule has 30 heavy (non-hydrogen) atoms. The Bertz CT molecular complexity index is 906. The molecular weight excluding hydrogens is 445 g/mol. The third-order valence-corrected chi connectivity index (χ3v) is 6.22. The van der Waals surface area contributed by atoms with Crippen molar-refractivity contribution in [2.24, 2.45) is 0 Å². The Morgan fingerprint density at radius 1 is 1.33 bits per heavy atom. The number of aromatic carboxylic acids is 1. The Kier molecular flexibility index (Phi) is 7.08. The Hall–Kier alpha value is -2.47. The number of rotatable bonds is 9. The number of carboxylic acids is 1. The highest BCUT2D eigenvalue weighted by molar-refractivity contribution is 8.01. The van der Waals surface area contributed by atoms with Crippen molar-refractivity contribution < 1.29 is 37.3 Å². The van der Waals surface area contributed by atoms with Gasteiger partial charge in [-0.15, -0.1) is 24.5 Å². The van der Waals surface area contributed by atoms with Crippen LogP contribution in [0.5, 0.6) is 11.5 Å². The molecule has 0 bridgehead atoms. The number of hydrogen-bond donors (Lipinski definition) is 1. The zero-order valence-electron chi connectivity index (χ0n) is 15.4. The van der Waals surface area contributed by atoms with Crippen molar-refractivity contribution >= 4 is 35.0 Å². The van der Waals surface area contributed by atoms with Crippen molar-refractivity contribution in [3.05, 3.63) is 35.3 Å². The summed E-state index contributed by atoms with van der Waals surface area (Å²) >= 11 is 2.55. The Morgan fingerprint density at radius 2 is 2.07 bits per heavy atom.